The van der Waals surface area contributed by atoms with Gasteiger partial charge in [-0.15, -0.1) is 0 Å². The van der Waals surface area contributed by atoms with Crippen LogP contribution in [0.5, 0.6) is 23.0 Å². The van der Waals surface area contributed by atoms with Gasteiger partial charge in [0.2, 0.25) is 0 Å². The van der Waals surface area contributed by atoms with Gasteiger partial charge in [0, 0.05) is 15.7 Å². The molecule has 40 heavy (non-hydrogen) atoms. The molecule has 2 amide bonds. The Labute approximate surface area is 240 Å². The van der Waals surface area contributed by atoms with Gasteiger partial charge in [0.15, 0.2) is 29.2 Å². The van der Waals surface area contributed by atoms with Gasteiger partial charge in [-0.05, 0) is 66.5 Å². The summed E-state index contributed by atoms with van der Waals surface area (Å²) in [5, 5.41) is 19.8. The number of esters is 1. The fourth-order valence-corrected chi connectivity index (χ4v) is 4.32. The van der Waals surface area contributed by atoms with Crippen LogP contribution in [0.1, 0.15) is 37.9 Å². The van der Waals surface area contributed by atoms with Crippen LogP contribution in [0, 0.1) is 0 Å². The van der Waals surface area contributed by atoms with Crippen molar-refractivity contribution in [2.75, 3.05) is 34.0 Å². The number of hydrogen-bond donors (Lipinski definition) is 4. The number of hydrogen-bond acceptors (Lipinski definition) is 10. The second-order valence-corrected chi connectivity index (χ2v) is 9.23. The molecule has 0 spiro atoms. The highest BCUT2D eigenvalue weighted by Gasteiger charge is 2.32. The smallest absolute Gasteiger partial charge is 0.337 e. The van der Waals surface area contributed by atoms with Crippen LogP contribution in [0.25, 0.3) is 0 Å². The maximum atomic E-state index is 12.4. The van der Waals surface area contributed by atoms with Gasteiger partial charge in [-0.2, -0.15) is 5.10 Å². The Kier molecular flexibility index (Phi) is 11.0. The topological polar surface area (TPSA) is 149 Å². The van der Waals surface area contributed by atoms with Crippen LogP contribution in [0.15, 0.2) is 51.2 Å². The maximum Gasteiger partial charge on any atom is 0.337 e. The number of carbonyl (C=O) groups excluding carboxylic acids is 2. The SMILES string of the molecule is CCOc1cc(Br)c(/C=N\N[C@@H](O)COc2ccc([C@@H]3NC(=O)NC(C)=C3C(=O)OC)cc2OCC)cc1OC. The van der Waals surface area contributed by atoms with E-state index in [0.29, 0.717) is 53.0 Å². The number of urea groups is 1. The number of nitrogens with zero attached hydrogens (tertiary/aromatic N) is 1. The molecule has 0 saturated carbocycles. The van der Waals surface area contributed by atoms with E-state index in [4.69, 9.17) is 23.7 Å². The molecule has 2 aromatic rings. The fraction of sp³-hybridized carbons (Fsp3) is 0.370. The maximum absolute atomic E-state index is 12.4. The Morgan fingerprint density at radius 1 is 1.10 bits per heavy atom. The number of methoxy groups -OCH3 is 2. The van der Waals surface area contributed by atoms with Crippen molar-refractivity contribution in [1.82, 2.24) is 16.1 Å². The quantitative estimate of drug-likeness (QED) is 0.114. The van der Waals surface area contributed by atoms with Crippen LogP contribution in [-0.4, -0.2) is 63.6 Å². The van der Waals surface area contributed by atoms with E-state index in [9.17, 15) is 14.7 Å². The van der Waals surface area contributed by atoms with Crippen molar-refractivity contribution in [1.29, 1.82) is 0 Å². The third kappa shape index (κ3) is 7.57. The Balaban J connectivity index is 1.70. The van der Waals surface area contributed by atoms with Crippen LogP contribution < -0.4 is 35.0 Å². The number of nitrogens with one attached hydrogen (secondary N) is 3. The molecule has 0 bridgehead atoms. The zero-order valence-corrected chi connectivity index (χ0v) is 24.5. The summed E-state index contributed by atoms with van der Waals surface area (Å²) in [6.45, 7) is 6.00. The molecule has 0 fully saturated rings. The number of benzene rings is 2. The molecule has 0 aromatic heterocycles. The molecular weight excluding hydrogens is 588 g/mol. The average molecular weight is 621 g/mol. The van der Waals surface area contributed by atoms with Gasteiger partial charge in [0.05, 0.1) is 45.3 Å². The molecule has 4 N–H and O–H groups in total. The summed E-state index contributed by atoms with van der Waals surface area (Å²) < 4.78 is 28.1. The molecule has 1 heterocycles. The van der Waals surface area contributed by atoms with E-state index in [1.165, 1.54) is 13.3 Å². The van der Waals surface area contributed by atoms with Gasteiger partial charge < -0.3 is 39.4 Å². The summed E-state index contributed by atoms with van der Waals surface area (Å²) in [7, 11) is 2.82. The summed E-state index contributed by atoms with van der Waals surface area (Å²) in [6.07, 6.45) is 0.377. The molecular formula is C27H33BrN4O8. The third-order valence-corrected chi connectivity index (χ3v) is 6.37. The highest BCUT2D eigenvalue weighted by atomic mass is 79.9. The van der Waals surface area contributed by atoms with Crippen LogP contribution in [0.4, 0.5) is 4.79 Å². The van der Waals surface area contributed by atoms with Gasteiger partial charge in [-0.25, -0.2) is 9.59 Å². The minimum atomic E-state index is -1.14. The zero-order valence-electron chi connectivity index (χ0n) is 22.9. The van der Waals surface area contributed by atoms with Gasteiger partial charge in [-0.3, -0.25) is 5.43 Å². The Hall–Kier alpha value is -3.97. The molecule has 0 saturated heterocycles. The molecule has 0 aliphatic carbocycles. The summed E-state index contributed by atoms with van der Waals surface area (Å²) in [4.78, 5) is 24.5. The lowest BCUT2D eigenvalue weighted by molar-refractivity contribution is -0.136. The summed E-state index contributed by atoms with van der Waals surface area (Å²) >= 11 is 3.48. The minimum Gasteiger partial charge on any atom is -0.493 e. The molecule has 0 radical (unpaired) electrons. The predicted octanol–water partition coefficient (Wildman–Crippen LogP) is 3.38. The van der Waals surface area contributed by atoms with Crippen molar-refractivity contribution in [2.24, 2.45) is 5.10 Å². The van der Waals surface area contributed by atoms with Crippen molar-refractivity contribution < 1.29 is 38.4 Å². The Morgan fingerprint density at radius 2 is 1.80 bits per heavy atom. The fourth-order valence-electron chi connectivity index (χ4n) is 3.89. The van der Waals surface area contributed by atoms with Gasteiger partial charge in [0.1, 0.15) is 6.61 Å². The Bertz CT molecular complexity index is 1280. The number of halogens is 1. The molecule has 0 unspecified atom stereocenters. The highest BCUT2D eigenvalue weighted by molar-refractivity contribution is 9.10. The molecule has 13 heteroatoms. The van der Waals surface area contributed by atoms with E-state index in [2.05, 4.69) is 37.1 Å². The standard InChI is InChI=1S/C27H33BrN4O8/c1-6-38-21-10-16(25-24(26(34)37-5)15(3)30-27(35)31-25)8-9-19(21)40-14-23(33)32-29-13-17-11-20(36-4)22(39-7-2)12-18(17)28/h8-13,23,25,32-33H,6-7,14H2,1-5H3,(H2,30,31,35)/b29-13-/t23-,25-/m0/s1. The number of allylic oxidation sites excluding steroid dienone is 1. The number of rotatable bonds is 13. The van der Waals surface area contributed by atoms with Crippen LogP contribution in [0.3, 0.4) is 0 Å². The lowest BCUT2D eigenvalue weighted by Gasteiger charge is -2.28. The van der Waals surface area contributed by atoms with Crippen molar-refractivity contribution >= 4 is 34.1 Å². The second kappa shape index (κ2) is 14.4. The summed E-state index contributed by atoms with van der Waals surface area (Å²) in [6, 6.07) is 7.34. The predicted molar refractivity (Wildman–Crippen MR) is 151 cm³/mol. The zero-order chi connectivity index (χ0) is 29.2. The molecule has 216 valence electrons. The molecule has 12 nitrogen and oxygen atoms in total. The Morgan fingerprint density at radius 3 is 2.45 bits per heavy atom. The van der Waals surface area contributed by atoms with Crippen LogP contribution >= 0.6 is 15.9 Å². The summed E-state index contributed by atoms with van der Waals surface area (Å²) in [5.41, 5.74) is 4.57. The third-order valence-electron chi connectivity index (χ3n) is 5.68. The van der Waals surface area contributed by atoms with E-state index in [1.54, 1.807) is 44.4 Å². The van der Waals surface area contributed by atoms with Crippen LogP contribution in [-0.2, 0) is 9.53 Å². The lowest BCUT2D eigenvalue weighted by Crippen LogP contribution is -2.45. The molecule has 2 aromatic carbocycles. The number of hydrazone groups is 1. The number of carbonyl (C=O) groups is 2. The first kappa shape index (κ1) is 30.6. The number of ether oxygens (including phenoxy) is 5. The molecule has 2 atom stereocenters. The monoisotopic (exact) mass is 620 g/mol. The number of aliphatic hydroxyl groups excluding tert-OH is 1. The first-order valence-electron chi connectivity index (χ1n) is 12.4. The van der Waals surface area contributed by atoms with E-state index in [-0.39, 0.29) is 12.2 Å². The minimum absolute atomic E-state index is 0.152. The van der Waals surface area contributed by atoms with Crippen molar-refractivity contribution in [2.45, 2.75) is 33.0 Å². The van der Waals surface area contributed by atoms with Crippen molar-refractivity contribution in [3.05, 3.63) is 57.2 Å². The van der Waals surface area contributed by atoms with Crippen molar-refractivity contribution in [3.63, 3.8) is 0 Å². The lowest BCUT2D eigenvalue weighted by atomic mass is 9.95. The van der Waals surface area contributed by atoms with Crippen LogP contribution in [0.2, 0.25) is 0 Å². The van der Waals surface area contributed by atoms with Gasteiger partial charge in [0.25, 0.3) is 0 Å². The van der Waals surface area contributed by atoms with E-state index in [0.717, 1.165) is 4.47 Å². The van der Waals surface area contributed by atoms with Gasteiger partial charge in [-0.1, -0.05) is 6.07 Å². The van der Waals surface area contributed by atoms with E-state index < -0.39 is 24.3 Å². The normalized spacial score (nSPS) is 15.7. The largest absolute Gasteiger partial charge is 0.493 e. The van der Waals surface area contributed by atoms with E-state index >= 15 is 0 Å². The van der Waals surface area contributed by atoms with Crippen molar-refractivity contribution in [3.8, 4) is 23.0 Å². The molecule has 1 aliphatic heterocycles. The number of aliphatic hydroxyl groups is 1. The summed E-state index contributed by atoms with van der Waals surface area (Å²) in [5.74, 6) is 1.31. The molecule has 1 aliphatic rings. The van der Waals surface area contributed by atoms with Gasteiger partial charge >= 0.3 is 12.0 Å². The highest BCUT2D eigenvalue weighted by Crippen LogP contribution is 2.35. The first-order chi connectivity index (χ1) is 19.2. The first-order valence-corrected chi connectivity index (χ1v) is 13.2. The molecule has 3 rings (SSSR count). The average Bonchev–Trinajstić information content (AvgIpc) is 2.93. The second-order valence-electron chi connectivity index (χ2n) is 8.37. The van der Waals surface area contributed by atoms with E-state index in [1.807, 2.05) is 13.8 Å². The number of amides is 2.